The van der Waals surface area contributed by atoms with Gasteiger partial charge in [-0.05, 0) is 49.4 Å². The lowest BCUT2D eigenvalue weighted by Crippen LogP contribution is -2.16. The second kappa shape index (κ2) is 6.60. The quantitative estimate of drug-likeness (QED) is 0.851. The Morgan fingerprint density at radius 1 is 1.14 bits per heavy atom. The standard InChI is InChI=1S/C15H17BrN2O2S/c1-11-9-13(7-8-14(11)16)21(19,20)18-15-6-4-3-5-12(15)10-17-2/h3-9,17-18H,10H2,1-2H3. The van der Waals surface area contributed by atoms with Gasteiger partial charge < -0.3 is 5.32 Å². The number of rotatable bonds is 5. The molecule has 0 amide bonds. The summed E-state index contributed by atoms with van der Waals surface area (Å²) in [4.78, 5) is 0.252. The molecule has 0 fully saturated rings. The Morgan fingerprint density at radius 3 is 2.52 bits per heavy atom. The molecule has 2 N–H and O–H groups in total. The highest BCUT2D eigenvalue weighted by Crippen LogP contribution is 2.23. The van der Waals surface area contributed by atoms with E-state index in [0.29, 0.717) is 12.2 Å². The minimum Gasteiger partial charge on any atom is -0.316 e. The van der Waals surface area contributed by atoms with Crippen LogP contribution >= 0.6 is 15.9 Å². The summed E-state index contributed by atoms with van der Waals surface area (Å²) < 4.78 is 28.5. The predicted molar refractivity (Wildman–Crippen MR) is 88.9 cm³/mol. The smallest absolute Gasteiger partial charge is 0.261 e. The van der Waals surface area contributed by atoms with Crippen molar-refractivity contribution in [3.8, 4) is 0 Å². The average molecular weight is 369 g/mol. The summed E-state index contributed by atoms with van der Waals surface area (Å²) in [5.74, 6) is 0. The average Bonchev–Trinajstić information content (AvgIpc) is 2.44. The highest BCUT2D eigenvalue weighted by Gasteiger charge is 2.16. The second-order valence-electron chi connectivity index (χ2n) is 4.70. The van der Waals surface area contributed by atoms with E-state index in [1.165, 1.54) is 0 Å². The van der Waals surface area contributed by atoms with Gasteiger partial charge in [-0.2, -0.15) is 0 Å². The van der Waals surface area contributed by atoms with E-state index in [0.717, 1.165) is 15.6 Å². The highest BCUT2D eigenvalue weighted by atomic mass is 79.9. The first kappa shape index (κ1) is 16.0. The van der Waals surface area contributed by atoms with Gasteiger partial charge in [-0.25, -0.2) is 8.42 Å². The van der Waals surface area contributed by atoms with Crippen LogP contribution in [0.15, 0.2) is 51.8 Å². The molecule has 6 heteroatoms. The lowest BCUT2D eigenvalue weighted by atomic mass is 10.2. The Hall–Kier alpha value is -1.37. The Kier molecular flexibility index (Phi) is 5.03. The molecule has 0 aliphatic carbocycles. The maximum Gasteiger partial charge on any atom is 0.261 e. The van der Waals surface area contributed by atoms with Crippen molar-refractivity contribution in [2.75, 3.05) is 11.8 Å². The van der Waals surface area contributed by atoms with Crippen LogP contribution in [0.2, 0.25) is 0 Å². The highest BCUT2D eigenvalue weighted by molar-refractivity contribution is 9.10. The number of aryl methyl sites for hydroxylation is 1. The summed E-state index contributed by atoms with van der Waals surface area (Å²) in [5, 5.41) is 3.03. The molecule has 2 aromatic carbocycles. The molecule has 2 rings (SSSR count). The third-order valence-corrected chi connectivity index (χ3v) is 5.32. The largest absolute Gasteiger partial charge is 0.316 e. The maximum atomic E-state index is 12.5. The van der Waals surface area contributed by atoms with Gasteiger partial charge in [-0.3, -0.25) is 4.72 Å². The monoisotopic (exact) mass is 368 g/mol. The topological polar surface area (TPSA) is 58.2 Å². The van der Waals surface area contributed by atoms with Crippen LogP contribution in [-0.2, 0) is 16.6 Å². The Labute approximate surface area is 133 Å². The summed E-state index contributed by atoms with van der Waals surface area (Å²) in [7, 11) is -1.77. The molecule has 4 nitrogen and oxygen atoms in total. The van der Waals surface area contributed by atoms with Crippen LogP contribution in [0.4, 0.5) is 5.69 Å². The van der Waals surface area contributed by atoms with Gasteiger partial charge >= 0.3 is 0 Å². The lowest BCUT2D eigenvalue weighted by Gasteiger charge is -2.13. The van der Waals surface area contributed by atoms with Crippen molar-refractivity contribution in [2.45, 2.75) is 18.4 Å². The van der Waals surface area contributed by atoms with Gasteiger partial charge in [0.15, 0.2) is 0 Å². The molecule has 0 aromatic heterocycles. The van der Waals surface area contributed by atoms with Gasteiger partial charge in [0.1, 0.15) is 0 Å². The van der Waals surface area contributed by atoms with Crippen LogP contribution in [0.25, 0.3) is 0 Å². The van der Waals surface area contributed by atoms with E-state index in [-0.39, 0.29) is 4.90 Å². The molecule has 0 saturated carbocycles. The van der Waals surface area contributed by atoms with E-state index in [2.05, 4.69) is 26.0 Å². The molecule has 112 valence electrons. The van der Waals surface area contributed by atoms with Crippen LogP contribution in [-0.4, -0.2) is 15.5 Å². The zero-order chi connectivity index (χ0) is 15.5. The normalized spacial score (nSPS) is 11.4. The first-order valence-electron chi connectivity index (χ1n) is 6.45. The molecular weight excluding hydrogens is 352 g/mol. The molecular formula is C15H17BrN2O2S. The summed E-state index contributed by atoms with van der Waals surface area (Å²) in [6.07, 6.45) is 0. The number of benzene rings is 2. The Bertz CT molecular complexity index is 745. The molecule has 0 saturated heterocycles. The van der Waals surface area contributed by atoms with E-state index in [1.54, 1.807) is 24.3 Å². The molecule has 21 heavy (non-hydrogen) atoms. The molecule has 0 bridgehead atoms. The first-order valence-corrected chi connectivity index (χ1v) is 8.73. The minimum atomic E-state index is -3.59. The van der Waals surface area contributed by atoms with Crippen molar-refractivity contribution in [1.29, 1.82) is 0 Å². The second-order valence-corrected chi connectivity index (χ2v) is 7.24. The summed E-state index contributed by atoms with van der Waals surface area (Å²) >= 11 is 3.37. The first-order chi connectivity index (χ1) is 9.94. The molecule has 0 unspecified atom stereocenters. The number of anilines is 1. The zero-order valence-corrected chi connectivity index (χ0v) is 14.3. The number of nitrogens with one attached hydrogen (secondary N) is 2. The van der Waals surface area contributed by atoms with E-state index in [1.807, 2.05) is 32.2 Å². The molecule has 0 aliphatic rings. The predicted octanol–water partition coefficient (Wildman–Crippen LogP) is 3.28. The van der Waals surface area contributed by atoms with Gasteiger partial charge in [0.25, 0.3) is 10.0 Å². The van der Waals surface area contributed by atoms with E-state index in [9.17, 15) is 8.42 Å². The SMILES string of the molecule is CNCc1ccccc1NS(=O)(=O)c1ccc(Br)c(C)c1. The van der Waals surface area contributed by atoms with Gasteiger partial charge in [0.2, 0.25) is 0 Å². The van der Waals surface area contributed by atoms with Crippen molar-refractivity contribution in [2.24, 2.45) is 0 Å². The fourth-order valence-electron chi connectivity index (χ4n) is 1.95. The fourth-order valence-corrected chi connectivity index (χ4v) is 3.38. The van der Waals surface area contributed by atoms with Crippen LogP contribution in [0.5, 0.6) is 0 Å². The van der Waals surface area contributed by atoms with Crippen LogP contribution < -0.4 is 10.0 Å². The van der Waals surface area contributed by atoms with Crippen molar-refractivity contribution < 1.29 is 8.42 Å². The molecule has 0 heterocycles. The van der Waals surface area contributed by atoms with Crippen molar-refractivity contribution >= 4 is 31.6 Å². The lowest BCUT2D eigenvalue weighted by molar-refractivity contribution is 0.601. The van der Waals surface area contributed by atoms with Crippen LogP contribution in [0.1, 0.15) is 11.1 Å². The third kappa shape index (κ3) is 3.84. The van der Waals surface area contributed by atoms with Crippen molar-refractivity contribution in [1.82, 2.24) is 5.32 Å². The molecule has 0 atom stereocenters. The number of hydrogen-bond donors (Lipinski definition) is 2. The fraction of sp³-hybridized carbons (Fsp3) is 0.200. The number of halogens is 1. The number of hydrogen-bond acceptors (Lipinski definition) is 3. The van der Waals surface area contributed by atoms with Crippen LogP contribution in [0.3, 0.4) is 0 Å². The van der Waals surface area contributed by atoms with Gasteiger partial charge in [0.05, 0.1) is 10.6 Å². The number of para-hydroxylation sites is 1. The van der Waals surface area contributed by atoms with Gasteiger partial charge in [-0.15, -0.1) is 0 Å². The van der Waals surface area contributed by atoms with Gasteiger partial charge in [0, 0.05) is 11.0 Å². The summed E-state index contributed by atoms with van der Waals surface area (Å²) in [6, 6.07) is 12.3. The van der Waals surface area contributed by atoms with Crippen LogP contribution in [0, 0.1) is 6.92 Å². The van der Waals surface area contributed by atoms with E-state index >= 15 is 0 Å². The molecule has 2 aromatic rings. The molecule has 0 spiro atoms. The third-order valence-electron chi connectivity index (χ3n) is 3.07. The molecule has 0 aliphatic heterocycles. The maximum absolute atomic E-state index is 12.5. The molecule has 0 radical (unpaired) electrons. The summed E-state index contributed by atoms with van der Waals surface area (Å²) in [6.45, 7) is 2.45. The van der Waals surface area contributed by atoms with Crippen molar-refractivity contribution in [3.05, 3.63) is 58.1 Å². The zero-order valence-electron chi connectivity index (χ0n) is 11.9. The number of sulfonamides is 1. The van der Waals surface area contributed by atoms with Crippen molar-refractivity contribution in [3.63, 3.8) is 0 Å². The van der Waals surface area contributed by atoms with E-state index < -0.39 is 10.0 Å². The minimum absolute atomic E-state index is 0.252. The van der Waals surface area contributed by atoms with E-state index in [4.69, 9.17) is 0 Å². The Morgan fingerprint density at radius 2 is 1.86 bits per heavy atom. The van der Waals surface area contributed by atoms with Gasteiger partial charge in [-0.1, -0.05) is 34.1 Å². The summed E-state index contributed by atoms with van der Waals surface area (Å²) in [5.41, 5.74) is 2.37. The Balaban J connectivity index is 2.35.